The van der Waals surface area contributed by atoms with Crippen molar-refractivity contribution >= 4 is 17.8 Å². The number of nitrogens with zero attached hydrogens (tertiary/aromatic N) is 2. The third kappa shape index (κ3) is 2.87. The molecule has 2 atom stereocenters. The van der Waals surface area contributed by atoms with E-state index in [0.717, 1.165) is 5.56 Å². The van der Waals surface area contributed by atoms with Gasteiger partial charge in [-0.25, -0.2) is 0 Å². The molecule has 2 aromatic rings. The molecule has 0 aliphatic carbocycles. The smallest absolute Gasteiger partial charge is 0.304 e. The summed E-state index contributed by atoms with van der Waals surface area (Å²) >= 11 is 0. The van der Waals surface area contributed by atoms with Crippen LogP contribution in [0.2, 0.25) is 0 Å². The van der Waals surface area contributed by atoms with Crippen molar-refractivity contribution in [1.82, 2.24) is 9.80 Å². The Morgan fingerprint density at radius 2 is 1.86 bits per heavy atom. The summed E-state index contributed by atoms with van der Waals surface area (Å²) in [4.78, 5) is 41.3. The minimum atomic E-state index is -1.14. The minimum absolute atomic E-state index is 0.00220. The van der Waals surface area contributed by atoms with Gasteiger partial charge in [-0.05, 0) is 17.2 Å². The van der Waals surface area contributed by atoms with Crippen LogP contribution < -0.4 is 0 Å². The Hall–Kier alpha value is -3.59. The van der Waals surface area contributed by atoms with Crippen LogP contribution in [0.3, 0.4) is 0 Å². The molecule has 29 heavy (non-hydrogen) atoms. The molecule has 1 spiro atoms. The van der Waals surface area contributed by atoms with Gasteiger partial charge in [-0.3, -0.25) is 14.4 Å². The fourth-order valence-corrected chi connectivity index (χ4v) is 4.36. The van der Waals surface area contributed by atoms with Gasteiger partial charge in [0.15, 0.2) is 0 Å². The largest absolute Gasteiger partial charge is 0.439 e. The number of carbonyl (C=O) groups excluding carboxylic acids is 3. The van der Waals surface area contributed by atoms with Crippen molar-refractivity contribution in [3.05, 3.63) is 71.3 Å². The fraction of sp³-hybridized carbons (Fsp3) is 0.261. The first-order chi connectivity index (χ1) is 14.0. The number of carbonyl (C=O) groups is 3. The number of likely N-dealkylation sites (tertiary alicyclic amines) is 1. The van der Waals surface area contributed by atoms with Gasteiger partial charge in [0.25, 0.3) is 5.91 Å². The van der Waals surface area contributed by atoms with Gasteiger partial charge in [0.05, 0.1) is 13.0 Å². The molecule has 2 aliphatic heterocycles. The molecule has 2 heterocycles. The second kappa shape index (κ2) is 7.10. The van der Waals surface area contributed by atoms with E-state index in [4.69, 9.17) is 11.2 Å². The number of fused-ring (bicyclic) bond motifs is 2. The summed E-state index contributed by atoms with van der Waals surface area (Å²) in [6.45, 7) is 1.57. The predicted octanol–water partition coefficient (Wildman–Crippen LogP) is 2.29. The van der Waals surface area contributed by atoms with Gasteiger partial charge in [0, 0.05) is 19.0 Å². The van der Waals surface area contributed by atoms with Crippen LogP contribution in [0.5, 0.6) is 0 Å². The Morgan fingerprint density at radius 1 is 1.17 bits per heavy atom. The Balaban J connectivity index is 1.86. The normalized spacial score (nSPS) is 22.7. The molecule has 1 saturated heterocycles. The van der Waals surface area contributed by atoms with E-state index < -0.39 is 17.7 Å². The highest BCUT2D eigenvalue weighted by Crippen LogP contribution is 2.50. The summed E-state index contributed by atoms with van der Waals surface area (Å²) in [5, 5.41) is 0. The van der Waals surface area contributed by atoms with Crippen LogP contribution in [0.1, 0.15) is 34.8 Å². The second-order valence-corrected chi connectivity index (χ2v) is 7.21. The summed E-state index contributed by atoms with van der Waals surface area (Å²) < 4.78 is 5.69. The number of hydrogen-bond acceptors (Lipinski definition) is 4. The lowest BCUT2D eigenvalue weighted by molar-refractivity contribution is -0.167. The zero-order chi connectivity index (χ0) is 20.6. The highest BCUT2D eigenvalue weighted by Gasteiger charge is 2.63. The van der Waals surface area contributed by atoms with E-state index in [1.165, 1.54) is 16.7 Å². The molecule has 6 nitrogen and oxygen atoms in total. The van der Waals surface area contributed by atoms with Crippen molar-refractivity contribution in [3.8, 4) is 12.3 Å². The van der Waals surface area contributed by atoms with Crippen molar-refractivity contribution in [1.29, 1.82) is 0 Å². The summed E-state index contributed by atoms with van der Waals surface area (Å²) in [6, 6.07) is 16.5. The SMILES string of the molecule is C#CCN1C(=O)c2ccccc2[C@@]12CC(=O)N(Cc1ccccc1)[C@@H]2OC(C)=O. The van der Waals surface area contributed by atoms with Gasteiger partial charge in [0.2, 0.25) is 12.1 Å². The molecule has 2 amide bonds. The zero-order valence-corrected chi connectivity index (χ0v) is 16.0. The number of esters is 1. The number of amides is 2. The Labute approximate surface area is 169 Å². The highest BCUT2D eigenvalue weighted by atomic mass is 16.6. The van der Waals surface area contributed by atoms with Gasteiger partial charge in [0.1, 0.15) is 5.54 Å². The van der Waals surface area contributed by atoms with Crippen LogP contribution in [0, 0.1) is 12.3 Å². The van der Waals surface area contributed by atoms with E-state index in [2.05, 4.69) is 5.92 Å². The first-order valence-corrected chi connectivity index (χ1v) is 9.34. The molecule has 0 unspecified atom stereocenters. The first-order valence-electron chi connectivity index (χ1n) is 9.34. The average molecular weight is 388 g/mol. The second-order valence-electron chi connectivity index (χ2n) is 7.21. The maximum Gasteiger partial charge on any atom is 0.304 e. The first kappa shape index (κ1) is 18.8. The van der Waals surface area contributed by atoms with Crippen molar-refractivity contribution in [2.45, 2.75) is 31.7 Å². The number of terminal acetylenes is 1. The van der Waals surface area contributed by atoms with Gasteiger partial charge in [-0.2, -0.15) is 0 Å². The molecular formula is C23H20N2O4. The molecule has 0 saturated carbocycles. The maximum atomic E-state index is 13.1. The summed E-state index contributed by atoms with van der Waals surface area (Å²) in [6.07, 6.45) is 4.58. The van der Waals surface area contributed by atoms with Crippen LogP contribution in [-0.4, -0.2) is 40.4 Å². The standard InChI is InChI=1S/C23H20N2O4/c1-3-13-25-21(28)18-11-7-8-12-19(18)23(25)14-20(27)24(22(23)29-16(2)26)15-17-9-5-4-6-10-17/h1,4-12,22H,13-15H2,2H3/t22-,23-/m1/s1. The third-order valence-corrected chi connectivity index (χ3v) is 5.51. The van der Waals surface area contributed by atoms with Gasteiger partial charge < -0.3 is 14.5 Å². The molecule has 6 heteroatoms. The van der Waals surface area contributed by atoms with E-state index in [1.807, 2.05) is 36.4 Å². The lowest BCUT2D eigenvalue weighted by Crippen LogP contribution is -2.54. The molecule has 1 fully saturated rings. The Kier molecular flexibility index (Phi) is 4.59. The van der Waals surface area contributed by atoms with Crippen molar-refractivity contribution in [2.75, 3.05) is 6.54 Å². The van der Waals surface area contributed by atoms with Crippen LogP contribution in [0.25, 0.3) is 0 Å². The molecule has 2 aliphatic rings. The quantitative estimate of drug-likeness (QED) is 0.595. The fourth-order valence-electron chi connectivity index (χ4n) is 4.36. The van der Waals surface area contributed by atoms with Gasteiger partial charge in [-0.1, -0.05) is 54.5 Å². The third-order valence-electron chi connectivity index (χ3n) is 5.51. The molecule has 4 rings (SSSR count). The average Bonchev–Trinajstić information content (AvgIpc) is 3.11. The molecule has 0 radical (unpaired) electrons. The number of rotatable bonds is 4. The molecular weight excluding hydrogens is 368 g/mol. The number of hydrogen-bond donors (Lipinski definition) is 0. The van der Waals surface area contributed by atoms with Crippen LogP contribution in [0.4, 0.5) is 0 Å². The topological polar surface area (TPSA) is 66.9 Å². The van der Waals surface area contributed by atoms with E-state index in [-0.39, 0.29) is 31.3 Å². The van der Waals surface area contributed by atoms with Crippen molar-refractivity contribution in [3.63, 3.8) is 0 Å². The molecule has 0 aromatic heterocycles. The number of benzene rings is 2. The molecule has 146 valence electrons. The van der Waals surface area contributed by atoms with Crippen LogP contribution in [-0.2, 0) is 26.4 Å². The van der Waals surface area contributed by atoms with E-state index in [1.54, 1.807) is 18.2 Å². The molecule has 2 aromatic carbocycles. The zero-order valence-electron chi connectivity index (χ0n) is 16.0. The Bertz CT molecular complexity index is 1030. The van der Waals surface area contributed by atoms with Crippen molar-refractivity contribution in [2.24, 2.45) is 0 Å². The Morgan fingerprint density at radius 3 is 2.55 bits per heavy atom. The summed E-state index contributed by atoms with van der Waals surface area (Å²) in [7, 11) is 0. The lowest BCUT2D eigenvalue weighted by atomic mass is 9.86. The monoisotopic (exact) mass is 388 g/mol. The van der Waals surface area contributed by atoms with Gasteiger partial charge >= 0.3 is 5.97 Å². The predicted molar refractivity (Wildman–Crippen MR) is 105 cm³/mol. The summed E-state index contributed by atoms with van der Waals surface area (Å²) in [5.41, 5.74) is 0.901. The maximum absolute atomic E-state index is 13.1. The van der Waals surface area contributed by atoms with Crippen LogP contribution in [0.15, 0.2) is 54.6 Å². The minimum Gasteiger partial charge on any atom is -0.439 e. The van der Waals surface area contributed by atoms with E-state index >= 15 is 0 Å². The van der Waals surface area contributed by atoms with Crippen molar-refractivity contribution < 1.29 is 19.1 Å². The number of ether oxygens (including phenoxy) is 1. The van der Waals surface area contributed by atoms with Gasteiger partial charge in [-0.15, -0.1) is 6.42 Å². The van der Waals surface area contributed by atoms with E-state index in [0.29, 0.717) is 11.1 Å². The van der Waals surface area contributed by atoms with E-state index in [9.17, 15) is 14.4 Å². The van der Waals surface area contributed by atoms with Crippen LogP contribution >= 0.6 is 0 Å². The lowest BCUT2D eigenvalue weighted by Gasteiger charge is -2.40. The molecule has 0 N–H and O–H groups in total. The molecule has 0 bridgehead atoms. The summed E-state index contributed by atoms with van der Waals surface area (Å²) in [5.74, 6) is 1.52. The highest BCUT2D eigenvalue weighted by molar-refractivity contribution is 6.02.